The van der Waals surface area contributed by atoms with Crippen molar-refractivity contribution in [3.05, 3.63) is 220 Å². The van der Waals surface area contributed by atoms with Crippen molar-refractivity contribution in [1.82, 2.24) is 0 Å². The fraction of sp³-hybridized carbons (Fsp3) is 0.164. The first kappa shape index (κ1) is 32.8. The molecule has 274 valence electrons. The third kappa shape index (κ3) is 5.03. The average molecular weight is 733 g/mol. The van der Waals surface area contributed by atoms with E-state index in [4.69, 9.17) is 0 Å². The molecule has 2 heterocycles. The number of allylic oxidation sites excluding steroid dienone is 3. The van der Waals surface area contributed by atoms with Crippen LogP contribution in [0.25, 0.3) is 22.9 Å². The molecule has 2 nitrogen and oxygen atoms in total. The number of rotatable bonds is 4. The fourth-order valence-corrected chi connectivity index (χ4v) is 11.4. The summed E-state index contributed by atoms with van der Waals surface area (Å²) in [6.07, 6.45) is 19.4. The number of nitrogens with zero attached hydrogens (tertiary/aromatic N) is 2. The molecule has 2 atom stereocenters. The Morgan fingerprint density at radius 3 is 1.70 bits per heavy atom. The van der Waals surface area contributed by atoms with Gasteiger partial charge in [-0.25, -0.2) is 0 Å². The van der Waals surface area contributed by atoms with E-state index in [2.05, 4.69) is 192 Å². The molecule has 57 heavy (non-hydrogen) atoms. The van der Waals surface area contributed by atoms with Crippen LogP contribution < -0.4 is 9.80 Å². The highest BCUT2D eigenvalue weighted by Crippen LogP contribution is 2.61. The summed E-state index contributed by atoms with van der Waals surface area (Å²) in [4.78, 5) is 5.02. The summed E-state index contributed by atoms with van der Waals surface area (Å²) in [6, 6.07) is 56.7. The van der Waals surface area contributed by atoms with E-state index in [-0.39, 0.29) is 5.41 Å². The van der Waals surface area contributed by atoms with Gasteiger partial charge >= 0.3 is 0 Å². The van der Waals surface area contributed by atoms with Crippen LogP contribution in [0.1, 0.15) is 76.1 Å². The van der Waals surface area contributed by atoms with Crippen molar-refractivity contribution >= 4 is 51.4 Å². The largest absolute Gasteiger partial charge is 0.310 e. The maximum absolute atomic E-state index is 2.66. The van der Waals surface area contributed by atoms with Gasteiger partial charge in [0.15, 0.2) is 0 Å². The monoisotopic (exact) mass is 732 g/mol. The van der Waals surface area contributed by atoms with E-state index in [1.165, 1.54) is 110 Å². The highest BCUT2D eigenvalue weighted by Gasteiger charge is 2.52. The molecule has 7 aromatic carbocycles. The zero-order chi connectivity index (χ0) is 37.5. The lowest BCUT2D eigenvalue weighted by atomic mass is 9.69. The van der Waals surface area contributed by atoms with E-state index in [1.54, 1.807) is 5.56 Å². The second-order valence-corrected chi connectivity index (χ2v) is 16.8. The predicted molar refractivity (Wildman–Crippen MR) is 238 cm³/mol. The predicted octanol–water partition coefficient (Wildman–Crippen LogP) is 14.1. The molecule has 2 unspecified atom stereocenters. The van der Waals surface area contributed by atoms with E-state index in [0.29, 0.717) is 11.8 Å². The Labute approximate surface area is 335 Å². The number of hydrogen-bond donors (Lipinski definition) is 0. The van der Waals surface area contributed by atoms with Gasteiger partial charge in [-0.3, -0.25) is 0 Å². The van der Waals surface area contributed by atoms with Crippen molar-refractivity contribution in [2.45, 2.75) is 49.9 Å². The normalized spacial score (nSPS) is 19.5. The van der Waals surface area contributed by atoms with E-state index in [0.717, 1.165) is 12.8 Å². The summed E-state index contributed by atoms with van der Waals surface area (Å²) in [5, 5.41) is 2.54. The number of anilines is 5. The van der Waals surface area contributed by atoms with Crippen LogP contribution >= 0.6 is 0 Å². The maximum atomic E-state index is 2.66. The topological polar surface area (TPSA) is 6.48 Å². The Morgan fingerprint density at radius 1 is 0.509 bits per heavy atom. The maximum Gasteiger partial charge on any atom is 0.0540 e. The van der Waals surface area contributed by atoms with E-state index < -0.39 is 0 Å². The molecule has 1 saturated carbocycles. The molecular formula is C55H44N2. The smallest absolute Gasteiger partial charge is 0.0540 e. The number of fused-ring (bicyclic) bond motifs is 10. The standard InChI is InChI=1S/C55H44N2/c1-7-19-50-39(13-1)34-40-14-2-8-20-51(40)56(50)43-27-29-46-45-28-24-37(33-48(45)55(49(46)36-43)31-11-12-32-55)23-25-38-26-30-54(47-18-6-5-17-44(38)47)57-52-21-9-3-15-41(52)35-42-16-4-10-22-53(42)57/h1-10,13-30,33,36,46,49H,11-12,31-32,34-35H2/b25-23+. The van der Waals surface area contributed by atoms with Crippen LogP contribution in [0.4, 0.5) is 28.4 Å². The fourth-order valence-electron chi connectivity index (χ4n) is 11.4. The zero-order valence-electron chi connectivity index (χ0n) is 32.1. The summed E-state index contributed by atoms with van der Waals surface area (Å²) < 4.78 is 0. The van der Waals surface area contributed by atoms with Crippen LogP contribution in [0.3, 0.4) is 0 Å². The number of hydrogen-bond acceptors (Lipinski definition) is 2. The first-order valence-corrected chi connectivity index (χ1v) is 20.9. The van der Waals surface area contributed by atoms with Crippen molar-refractivity contribution in [2.75, 3.05) is 9.80 Å². The minimum absolute atomic E-state index is 0.171. The second kappa shape index (κ2) is 12.8. The van der Waals surface area contributed by atoms with Crippen LogP contribution in [0.15, 0.2) is 176 Å². The van der Waals surface area contributed by atoms with Crippen LogP contribution in [0, 0.1) is 5.92 Å². The van der Waals surface area contributed by atoms with Gasteiger partial charge in [-0.05, 0) is 105 Å². The Hall–Kier alpha value is -6.38. The molecule has 1 spiro atoms. The molecule has 7 aromatic rings. The van der Waals surface area contributed by atoms with Gasteiger partial charge in [0.1, 0.15) is 0 Å². The Kier molecular flexibility index (Phi) is 7.39. The summed E-state index contributed by atoms with van der Waals surface area (Å²) in [5.74, 6) is 0.869. The van der Waals surface area contributed by atoms with Crippen molar-refractivity contribution in [2.24, 2.45) is 5.92 Å². The van der Waals surface area contributed by atoms with Crippen LogP contribution in [0.2, 0.25) is 0 Å². The second-order valence-electron chi connectivity index (χ2n) is 16.8. The SMILES string of the molecule is C1=CC2c3ccc(/C=C/c4ccc(N5c6ccccc6Cc6ccccc65)c5ccccc45)cc3C3(CCCC3)C2C=C1N1c2ccccc2Cc2ccccc21. The molecule has 2 heteroatoms. The molecule has 5 aliphatic rings. The first-order valence-electron chi connectivity index (χ1n) is 20.9. The van der Waals surface area contributed by atoms with Crippen molar-refractivity contribution < 1.29 is 0 Å². The quantitative estimate of drug-likeness (QED) is 0.166. The van der Waals surface area contributed by atoms with Gasteiger partial charge in [-0.1, -0.05) is 158 Å². The summed E-state index contributed by atoms with van der Waals surface area (Å²) >= 11 is 0. The third-order valence-corrected chi connectivity index (χ3v) is 13.9. The van der Waals surface area contributed by atoms with Gasteiger partial charge in [-0.15, -0.1) is 0 Å². The molecule has 0 saturated heterocycles. The minimum atomic E-state index is 0.171. The molecular weight excluding hydrogens is 689 g/mol. The van der Waals surface area contributed by atoms with Gasteiger partial charge in [0.05, 0.1) is 5.69 Å². The molecule has 0 radical (unpaired) electrons. The molecule has 0 aromatic heterocycles. The van der Waals surface area contributed by atoms with Crippen molar-refractivity contribution in [3.63, 3.8) is 0 Å². The molecule has 0 amide bonds. The molecule has 3 aliphatic carbocycles. The van der Waals surface area contributed by atoms with E-state index >= 15 is 0 Å². The molecule has 12 rings (SSSR count). The highest BCUT2D eigenvalue weighted by atomic mass is 15.2. The molecule has 0 N–H and O–H groups in total. The highest BCUT2D eigenvalue weighted by molar-refractivity contribution is 6.04. The minimum Gasteiger partial charge on any atom is -0.310 e. The molecule has 1 fully saturated rings. The number of para-hydroxylation sites is 4. The van der Waals surface area contributed by atoms with Gasteiger partial charge < -0.3 is 9.80 Å². The first-order chi connectivity index (χ1) is 28.2. The van der Waals surface area contributed by atoms with Gasteiger partial charge in [0, 0.05) is 58.0 Å². The van der Waals surface area contributed by atoms with Gasteiger partial charge in [0.25, 0.3) is 0 Å². The lowest BCUT2D eigenvalue weighted by Gasteiger charge is -2.39. The molecule has 0 bridgehead atoms. The summed E-state index contributed by atoms with van der Waals surface area (Å²) in [6.45, 7) is 0. The van der Waals surface area contributed by atoms with Crippen LogP contribution in [-0.4, -0.2) is 0 Å². The van der Waals surface area contributed by atoms with Crippen molar-refractivity contribution in [3.8, 4) is 0 Å². The van der Waals surface area contributed by atoms with Crippen molar-refractivity contribution in [1.29, 1.82) is 0 Å². The lowest BCUT2D eigenvalue weighted by molar-refractivity contribution is 0.335. The third-order valence-electron chi connectivity index (χ3n) is 13.9. The van der Waals surface area contributed by atoms with Crippen LogP contribution in [-0.2, 0) is 18.3 Å². The summed E-state index contributed by atoms with van der Waals surface area (Å²) in [7, 11) is 0. The average Bonchev–Trinajstić information content (AvgIpc) is 3.87. The van der Waals surface area contributed by atoms with Gasteiger partial charge in [0.2, 0.25) is 0 Å². The Bertz CT molecular complexity index is 2760. The molecule has 2 aliphatic heterocycles. The van der Waals surface area contributed by atoms with Crippen LogP contribution in [0.5, 0.6) is 0 Å². The van der Waals surface area contributed by atoms with Gasteiger partial charge in [-0.2, -0.15) is 0 Å². The van der Waals surface area contributed by atoms with E-state index in [1.807, 2.05) is 0 Å². The summed E-state index contributed by atoms with van der Waals surface area (Å²) in [5.41, 5.74) is 19.1. The lowest BCUT2D eigenvalue weighted by Crippen LogP contribution is -2.31. The Morgan fingerprint density at radius 2 is 1.07 bits per heavy atom. The zero-order valence-corrected chi connectivity index (χ0v) is 32.1. The Balaban J connectivity index is 0.909. The van der Waals surface area contributed by atoms with E-state index in [9.17, 15) is 0 Å². The number of benzene rings is 7.